The first kappa shape index (κ1) is 16.5. The van der Waals surface area contributed by atoms with Crippen molar-refractivity contribution in [2.45, 2.75) is 12.8 Å². The Morgan fingerprint density at radius 1 is 1.31 bits per heavy atom. The smallest absolute Gasteiger partial charge is 0.662 e. The molecule has 0 aromatic rings. The minimum Gasteiger partial charge on any atom is -0.662 e. The summed E-state index contributed by atoms with van der Waals surface area (Å²) in [5, 5.41) is 5.24. The summed E-state index contributed by atoms with van der Waals surface area (Å²) in [6.07, 6.45) is 2.45. The molecule has 0 bridgehead atoms. The van der Waals surface area contributed by atoms with Crippen molar-refractivity contribution in [3.8, 4) is 0 Å². The van der Waals surface area contributed by atoms with E-state index in [9.17, 15) is 0 Å². The van der Waals surface area contributed by atoms with Crippen LogP contribution in [-0.4, -0.2) is 31.6 Å². The maximum absolute atomic E-state index is 5.43. The van der Waals surface area contributed by atoms with E-state index in [1.54, 1.807) is 0 Å². The fourth-order valence-corrected chi connectivity index (χ4v) is 1.50. The van der Waals surface area contributed by atoms with Crippen LogP contribution in [0.4, 0.5) is 0 Å². The van der Waals surface area contributed by atoms with Gasteiger partial charge in [0.05, 0.1) is 6.61 Å². The Labute approximate surface area is 105 Å². The molecule has 13 heavy (non-hydrogen) atoms. The van der Waals surface area contributed by atoms with Crippen LogP contribution in [0.5, 0.6) is 0 Å². The summed E-state index contributed by atoms with van der Waals surface area (Å²) < 4.78 is 5.43. The summed E-state index contributed by atoms with van der Waals surface area (Å²) in [6, 6.07) is 0. The van der Waals surface area contributed by atoms with E-state index in [0.717, 1.165) is 37.6 Å². The van der Waals surface area contributed by atoms with Crippen molar-refractivity contribution in [1.29, 1.82) is 0 Å². The van der Waals surface area contributed by atoms with E-state index < -0.39 is 0 Å². The zero-order valence-electron chi connectivity index (χ0n) is 8.17. The fraction of sp³-hybridized carbons (Fsp3) is 0.889. The van der Waals surface area contributed by atoms with Crippen LogP contribution in [0.2, 0.25) is 0 Å². The standard InChI is InChI=1S/C8H15BrNO.CH3.W/c9-3-6-11-7-8-1-4-10-5-2-8;;/h8H,1-7H2;1H3;/q2*-1;+2. The molecule has 0 atom stereocenters. The first-order chi connectivity index (χ1) is 5.43. The molecule has 0 N–H and O–H groups in total. The van der Waals surface area contributed by atoms with Crippen LogP contribution >= 0.6 is 15.9 Å². The fourth-order valence-electron chi connectivity index (χ4n) is 1.28. The van der Waals surface area contributed by atoms with Gasteiger partial charge in [-0.3, -0.25) is 0 Å². The zero-order chi connectivity index (χ0) is 7.94. The van der Waals surface area contributed by atoms with Gasteiger partial charge in [0.2, 0.25) is 0 Å². The Morgan fingerprint density at radius 2 is 1.92 bits per heavy atom. The molecular formula is C9H18BrNOW. The summed E-state index contributed by atoms with van der Waals surface area (Å²) in [4.78, 5) is 0. The van der Waals surface area contributed by atoms with Crippen molar-refractivity contribution in [2.75, 3.05) is 31.6 Å². The van der Waals surface area contributed by atoms with Crippen molar-refractivity contribution < 1.29 is 25.8 Å². The van der Waals surface area contributed by atoms with Crippen molar-refractivity contribution in [3.63, 3.8) is 0 Å². The molecule has 78 valence electrons. The van der Waals surface area contributed by atoms with Gasteiger partial charge in [-0.2, -0.15) is 0 Å². The van der Waals surface area contributed by atoms with E-state index in [-0.39, 0.29) is 28.5 Å². The molecule has 0 saturated carbocycles. The molecular weight excluding hydrogens is 402 g/mol. The summed E-state index contributed by atoms with van der Waals surface area (Å²) in [6.45, 7) is 3.86. The minimum atomic E-state index is 0. The van der Waals surface area contributed by atoms with Crippen LogP contribution in [-0.2, 0) is 25.8 Å². The number of hydrogen-bond donors (Lipinski definition) is 0. The number of rotatable bonds is 4. The number of ether oxygens (including phenoxy) is 1. The topological polar surface area (TPSA) is 23.3 Å². The Morgan fingerprint density at radius 3 is 2.46 bits per heavy atom. The molecule has 1 saturated heterocycles. The molecule has 0 unspecified atom stereocenters. The maximum Gasteiger partial charge on any atom is 2.00 e. The molecule has 1 rings (SSSR count). The SMILES string of the molecule is BrCCOCC1CC[N-]CC1.[CH3-].[W+2]. The predicted molar refractivity (Wildman–Crippen MR) is 56.8 cm³/mol. The average Bonchev–Trinajstić information content (AvgIpc) is 2.07. The normalized spacial score (nSPS) is 17.3. The Balaban J connectivity index is 0. The molecule has 0 radical (unpaired) electrons. The minimum absolute atomic E-state index is 0. The van der Waals surface area contributed by atoms with Crippen LogP contribution in [0.25, 0.3) is 5.32 Å². The zero-order valence-corrected chi connectivity index (χ0v) is 12.7. The first-order valence-corrected chi connectivity index (χ1v) is 5.32. The van der Waals surface area contributed by atoms with Gasteiger partial charge >= 0.3 is 21.1 Å². The number of nitrogens with zero attached hydrogens (tertiary/aromatic N) is 1. The third kappa shape index (κ3) is 8.11. The molecule has 0 aliphatic carbocycles. The van der Waals surface area contributed by atoms with Gasteiger partial charge in [-0.05, 0) is 5.92 Å². The molecule has 0 aromatic heterocycles. The van der Waals surface area contributed by atoms with Gasteiger partial charge in [0, 0.05) is 11.9 Å². The van der Waals surface area contributed by atoms with E-state index >= 15 is 0 Å². The van der Waals surface area contributed by atoms with Crippen LogP contribution < -0.4 is 0 Å². The van der Waals surface area contributed by atoms with Crippen molar-refractivity contribution in [3.05, 3.63) is 12.7 Å². The molecule has 4 heteroatoms. The molecule has 1 aliphatic heterocycles. The second kappa shape index (κ2) is 11.2. The van der Waals surface area contributed by atoms with Crippen molar-refractivity contribution >= 4 is 15.9 Å². The maximum atomic E-state index is 5.43. The summed E-state index contributed by atoms with van der Waals surface area (Å²) >= 11 is 3.33. The quantitative estimate of drug-likeness (QED) is 0.390. The molecule has 2 nitrogen and oxygen atoms in total. The van der Waals surface area contributed by atoms with E-state index in [1.807, 2.05) is 0 Å². The van der Waals surface area contributed by atoms with E-state index in [0.29, 0.717) is 0 Å². The Kier molecular flexibility index (Phi) is 14.2. The van der Waals surface area contributed by atoms with Gasteiger partial charge in [0.15, 0.2) is 0 Å². The molecule has 1 fully saturated rings. The van der Waals surface area contributed by atoms with Gasteiger partial charge in [0.25, 0.3) is 0 Å². The van der Waals surface area contributed by atoms with E-state index in [2.05, 4.69) is 21.2 Å². The van der Waals surface area contributed by atoms with Crippen LogP contribution in [0.1, 0.15) is 12.8 Å². The summed E-state index contributed by atoms with van der Waals surface area (Å²) in [7, 11) is 0. The first-order valence-electron chi connectivity index (χ1n) is 4.20. The largest absolute Gasteiger partial charge is 2.00 e. The number of hydrogen-bond acceptors (Lipinski definition) is 1. The Hall–Kier alpha value is 1.09. The molecule has 0 amide bonds. The summed E-state index contributed by atoms with van der Waals surface area (Å²) in [5.41, 5.74) is 0. The van der Waals surface area contributed by atoms with Gasteiger partial charge in [-0.25, -0.2) is 0 Å². The molecule has 0 spiro atoms. The second-order valence-corrected chi connectivity index (χ2v) is 3.67. The van der Waals surface area contributed by atoms with Gasteiger partial charge < -0.3 is 17.5 Å². The Bertz CT molecular complexity index is 99.6. The molecule has 1 aliphatic rings. The monoisotopic (exact) mass is 419 g/mol. The predicted octanol–water partition coefficient (Wildman–Crippen LogP) is 2.63. The van der Waals surface area contributed by atoms with E-state index in [1.165, 1.54) is 12.8 Å². The van der Waals surface area contributed by atoms with Gasteiger partial charge in [-0.15, -0.1) is 13.1 Å². The molecule has 0 aromatic carbocycles. The van der Waals surface area contributed by atoms with Crippen LogP contribution in [0.15, 0.2) is 0 Å². The number of halogens is 1. The van der Waals surface area contributed by atoms with Gasteiger partial charge in [-0.1, -0.05) is 28.8 Å². The van der Waals surface area contributed by atoms with Crippen LogP contribution in [0, 0.1) is 13.3 Å². The summed E-state index contributed by atoms with van der Waals surface area (Å²) in [5.74, 6) is 0.770. The third-order valence-corrected chi connectivity index (χ3v) is 2.29. The average molecular weight is 420 g/mol. The second-order valence-electron chi connectivity index (χ2n) is 2.88. The number of alkyl halides is 1. The van der Waals surface area contributed by atoms with Crippen LogP contribution in [0.3, 0.4) is 0 Å². The third-order valence-electron chi connectivity index (χ3n) is 1.97. The van der Waals surface area contributed by atoms with Crippen molar-refractivity contribution in [1.82, 2.24) is 0 Å². The van der Waals surface area contributed by atoms with E-state index in [4.69, 9.17) is 4.74 Å². The number of piperidine rings is 1. The van der Waals surface area contributed by atoms with Gasteiger partial charge in [0.1, 0.15) is 0 Å². The van der Waals surface area contributed by atoms with Crippen molar-refractivity contribution in [2.24, 2.45) is 5.92 Å². The molecule has 1 heterocycles.